The maximum absolute atomic E-state index is 12.6. The predicted octanol–water partition coefficient (Wildman–Crippen LogP) is 2.50. The van der Waals surface area contributed by atoms with Gasteiger partial charge in [0.15, 0.2) is 5.66 Å². The molecule has 2 aliphatic rings. The van der Waals surface area contributed by atoms with Crippen LogP contribution in [0.3, 0.4) is 0 Å². The van der Waals surface area contributed by atoms with E-state index in [1.807, 2.05) is 6.07 Å². The molecule has 1 aliphatic heterocycles. The number of nitrogens with zero attached hydrogens (tertiary/aromatic N) is 2. The van der Waals surface area contributed by atoms with Crippen molar-refractivity contribution in [1.29, 1.82) is 0 Å². The van der Waals surface area contributed by atoms with E-state index in [4.69, 9.17) is 11.5 Å². The van der Waals surface area contributed by atoms with E-state index in [1.54, 1.807) is 12.1 Å². The number of carboxylic acid groups (broad SMARTS) is 1. The van der Waals surface area contributed by atoms with Gasteiger partial charge in [-0.1, -0.05) is 12.1 Å². The zero-order valence-electron chi connectivity index (χ0n) is 13.3. The second-order valence-electron chi connectivity index (χ2n) is 6.36. The van der Waals surface area contributed by atoms with Crippen LogP contribution in [0.2, 0.25) is 0 Å². The average molecular weight is 325 g/mol. The van der Waals surface area contributed by atoms with Crippen LogP contribution in [0.1, 0.15) is 48.0 Å². The Morgan fingerprint density at radius 3 is 2.62 bits per heavy atom. The van der Waals surface area contributed by atoms with Crippen molar-refractivity contribution in [2.75, 3.05) is 6.54 Å². The number of nitrogens with one attached hydrogen (secondary N) is 1. The third-order valence-electron chi connectivity index (χ3n) is 4.71. The summed E-state index contributed by atoms with van der Waals surface area (Å²) in [4.78, 5) is 23.7. The summed E-state index contributed by atoms with van der Waals surface area (Å²) in [7, 11) is 0. The van der Waals surface area contributed by atoms with Crippen LogP contribution in [0, 0.1) is 12.3 Å². The molecule has 0 atom stereocenters. The summed E-state index contributed by atoms with van der Waals surface area (Å²) < 4.78 is 0. The van der Waals surface area contributed by atoms with Gasteiger partial charge in [0.2, 0.25) is 5.91 Å². The SMILES string of the molecule is C#CCCC1(CCNC(=O)C2(c3cccc(C(=O)O)c3)CC2)N=N1. The summed E-state index contributed by atoms with van der Waals surface area (Å²) >= 11 is 0. The van der Waals surface area contributed by atoms with Gasteiger partial charge in [-0.05, 0) is 30.5 Å². The molecule has 1 amide bonds. The Bertz CT molecular complexity index is 738. The standard InChI is InChI=1S/C18H19N3O3/c1-2-3-7-18(20-21-18)10-11-19-16(24)17(8-9-17)14-6-4-5-13(12-14)15(22)23/h1,4-6,12H,3,7-11H2,(H,19,24)(H,22,23). The molecule has 0 aromatic heterocycles. The summed E-state index contributed by atoms with van der Waals surface area (Å²) in [6, 6.07) is 6.63. The fourth-order valence-electron chi connectivity index (χ4n) is 2.94. The van der Waals surface area contributed by atoms with Crippen LogP contribution in [-0.4, -0.2) is 29.2 Å². The predicted molar refractivity (Wildman–Crippen MR) is 87.6 cm³/mol. The maximum atomic E-state index is 12.6. The zero-order chi connectivity index (χ0) is 17.2. The van der Waals surface area contributed by atoms with Gasteiger partial charge in [0.25, 0.3) is 0 Å². The van der Waals surface area contributed by atoms with E-state index in [0.717, 1.165) is 18.4 Å². The lowest BCUT2D eigenvalue weighted by Crippen LogP contribution is -2.36. The van der Waals surface area contributed by atoms with Gasteiger partial charge < -0.3 is 10.4 Å². The number of carbonyl (C=O) groups excluding carboxylic acids is 1. The summed E-state index contributed by atoms with van der Waals surface area (Å²) in [5.41, 5.74) is -0.0207. The van der Waals surface area contributed by atoms with E-state index in [1.165, 1.54) is 6.07 Å². The second-order valence-corrected chi connectivity index (χ2v) is 6.36. The molecule has 124 valence electrons. The van der Waals surface area contributed by atoms with Gasteiger partial charge in [0, 0.05) is 25.8 Å². The topological polar surface area (TPSA) is 91.1 Å². The van der Waals surface area contributed by atoms with Gasteiger partial charge in [0.1, 0.15) is 0 Å². The van der Waals surface area contributed by atoms with Gasteiger partial charge in [-0.3, -0.25) is 4.79 Å². The smallest absolute Gasteiger partial charge is 0.335 e. The Kier molecular flexibility index (Phi) is 4.10. The Balaban J connectivity index is 1.58. The molecular formula is C18H19N3O3. The Morgan fingerprint density at radius 1 is 1.29 bits per heavy atom. The fourth-order valence-corrected chi connectivity index (χ4v) is 2.94. The van der Waals surface area contributed by atoms with Crippen LogP contribution in [0.25, 0.3) is 0 Å². The van der Waals surface area contributed by atoms with Crippen LogP contribution in [-0.2, 0) is 10.2 Å². The van der Waals surface area contributed by atoms with Gasteiger partial charge in [0.05, 0.1) is 11.0 Å². The molecule has 1 saturated carbocycles. The van der Waals surface area contributed by atoms with Crippen molar-refractivity contribution < 1.29 is 14.7 Å². The van der Waals surface area contributed by atoms with Crippen molar-refractivity contribution in [2.45, 2.75) is 43.2 Å². The number of aromatic carboxylic acids is 1. The quantitative estimate of drug-likeness (QED) is 0.719. The number of hydrogen-bond donors (Lipinski definition) is 2. The molecule has 1 aromatic rings. The number of carboxylic acids is 1. The zero-order valence-corrected chi connectivity index (χ0v) is 13.3. The van der Waals surface area contributed by atoms with Crippen LogP contribution in [0.4, 0.5) is 0 Å². The fraction of sp³-hybridized carbons (Fsp3) is 0.444. The molecule has 1 heterocycles. The first-order chi connectivity index (χ1) is 11.5. The molecule has 2 N–H and O–H groups in total. The van der Waals surface area contributed by atoms with E-state index < -0.39 is 17.0 Å². The molecule has 6 nitrogen and oxygen atoms in total. The highest BCUT2D eigenvalue weighted by atomic mass is 16.4. The minimum atomic E-state index is -0.986. The molecule has 1 fully saturated rings. The van der Waals surface area contributed by atoms with E-state index >= 15 is 0 Å². The monoisotopic (exact) mass is 325 g/mol. The largest absolute Gasteiger partial charge is 0.478 e. The molecule has 6 heteroatoms. The minimum Gasteiger partial charge on any atom is -0.478 e. The lowest BCUT2D eigenvalue weighted by atomic mass is 9.93. The lowest BCUT2D eigenvalue weighted by Gasteiger charge is -2.17. The van der Waals surface area contributed by atoms with Crippen molar-refractivity contribution in [3.63, 3.8) is 0 Å². The minimum absolute atomic E-state index is 0.0576. The van der Waals surface area contributed by atoms with Crippen molar-refractivity contribution in [3.05, 3.63) is 35.4 Å². The first-order valence-electron chi connectivity index (χ1n) is 8.01. The molecule has 0 unspecified atom stereocenters. The van der Waals surface area contributed by atoms with Crippen molar-refractivity contribution in [1.82, 2.24) is 5.32 Å². The Labute approximate surface area is 140 Å². The number of rotatable bonds is 8. The second kappa shape index (κ2) is 6.08. The van der Waals surface area contributed by atoms with Crippen LogP contribution >= 0.6 is 0 Å². The number of hydrogen-bond acceptors (Lipinski definition) is 4. The average Bonchev–Trinajstić information content (AvgIpc) is 3.48. The molecule has 3 rings (SSSR count). The van der Waals surface area contributed by atoms with E-state index in [2.05, 4.69) is 21.5 Å². The molecular weight excluding hydrogens is 306 g/mol. The summed E-state index contributed by atoms with van der Waals surface area (Å²) in [5, 5.41) is 20.2. The summed E-state index contributed by atoms with van der Waals surface area (Å²) in [5.74, 6) is 1.53. The van der Waals surface area contributed by atoms with E-state index in [-0.39, 0.29) is 11.5 Å². The number of carbonyl (C=O) groups is 2. The molecule has 0 bridgehead atoms. The first kappa shape index (κ1) is 16.2. The third-order valence-corrected chi connectivity index (χ3v) is 4.71. The Hall–Kier alpha value is -2.68. The highest BCUT2D eigenvalue weighted by Crippen LogP contribution is 2.48. The maximum Gasteiger partial charge on any atom is 0.335 e. The first-order valence-corrected chi connectivity index (χ1v) is 8.01. The number of amides is 1. The third kappa shape index (κ3) is 3.16. The van der Waals surface area contributed by atoms with Gasteiger partial charge in [-0.15, -0.1) is 12.3 Å². The van der Waals surface area contributed by atoms with Crippen LogP contribution < -0.4 is 5.32 Å². The van der Waals surface area contributed by atoms with Crippen LogP contribution in [0.15, 0.2) is 34.5 Å². The van der Waals surface area contributed by atoms with Crippen molar-refractivity contribution >= 4 is 11.9 Å². The summed E-state index contributed by atoms with van der Waals surface area (Å²) in [6.45, 7) is 0.483. The van der Waals surface area contributed by atoms with Crippen LogP contribution in [0.5, 0.6) is 0 Å². The molecule has 1 aliphatic carbocycles. The highest BCUT2D eigenvalue weighted by Gasteiger charge is 2.51. The number of benzene rings is 1. The van der Waals surface area contributed by atoms with Crippen molar-refractivity contribution in [3.8, 4) is 12.3 Å². The highest BCUT2D eigenvalue weighted by molar-refractivity contribution is 5.93. The van der Waals surface area contributed by atoms with Gasteiger partial charge >= 0.3 is 5.97 Å². The lowest BCUT2D eigenvalue weighted by molar-refractivity contribution is -0.123. The van der Waals surface area contributed by atoms with Crippen molar-refractivity contribution in [2.24, 2.45) is 10.2 Å². The van der Waals surface area contributed by atoms with Gasteiger partial charge in [-0.2, -0.15) is 10.2 Å². The van der Waals surface area contributed by atoms with Gasteiger partial charge in [-0.25, -0.2) is 4.79 Å². The molecule has 0 spiro atoms. The van der Waals surface area contributed by atoms with E-state index in [9.17, 15) is 9.59 Å². The molecule has 24 heavy (non-hydrogen) atoms. The molecule has 0 radical (unpaired) electrons. The molecule has 1 aromatic carbocycles. The van der Waals surface area contributed by atoms with E-state index in [0.29, 0.717) is 25.8 Å². The Morgan fingerprint density at radius 2 is 2.04 bits per heavy atom. The number of terminal acetylenes is 1. The molecule has 0 saturated heterocycles. The normalized spacial score (nSPS) is 18.5. The summed E-state index contributed by atoms with van der Waals surface area (Å²) in [6.07, 6.45) is 8.70.